The predicted molar refractivity (Wildman–Crippen MR) is 119 cm³/mol. The van der Waals surface area contributed by atoms with Gasteiger partial charge in [0.25, 0.3) is 0 Å². The Morgan fingerprint density at radius 2 is 1.85 bits per heavy atom. The second-order valence-electron chi connectivity index (χ2n) is 6.87. The van der Waals surface area contributed by atoms with Gasteiger partial charge in [-0.3, -0.25) is 9.59 Å². The van der Waals surface area contributed by atoms with Gasteiger partial charge in [0.1, 0.15) is 5.82 Å². The molecule has 0 unspecified atom stereocenters. The molecular weight excluding hydrogens is 449 g/mol. The van der Waals surface area contributed by atoms with Gasteiger partial charge in [-0.05, 0) is 36.4 Å². The summed E-state index contributed by atoms with van der Waals surface area (Å²) in [7, 11) is 1.27. The minimum Gasteiger partial charge on any atom is -0.465 e. The van der Waals surface area contributed by atoms with Gasteiger partial charge in [-0.2, -0.15) is 4.98 Å². The van der Waals surface area contributed by atoms with Gasteiger partial charge in [-0.15, -0.1) is 16.4 Å². The number of amides is 2. The molecule has 2 heterocycles. The first-order chi connectivity index (χ1) is 16.0. The van der Waals surface area contributed by atoms with Crippen molar-refractivity contribution >= 4 is 39.8 Å². The van der Waals surface area contributed by atoms with E-state index < -0.39 is 23.6 Å². The maximum atomic E-state index is 14.0. The van der Waals surface area contributed by atoms with Crippen molar-refractivity contribution in [2.24, 2.45) is 0 Å². The molecule has 0 radical (unpaired) electrons. The highest BCUT2D eigenvalue weighted by atomic mass is 32.1. The first-order valence-corrected chi connectivity index (χ1v) is 10.7. The quantitative estimate of drug-likeness (QED) is 0.333. The number of halogens is 1. The molecule has 0 fully saturated rings. The summed E-state index contributed by atoms with van der Waals surface area (Å²) in [4.78, 5) is 40.6. The normalized spacial score (nSPS) is 10.7. The maximum absolute atomic E-state index is 14.0. The van der Waals surface area contributed by atoms with Gasteiger partial charge in [0.15, 0.2) is 5.82 Å². The molecule has 11 heteroatoms. The number of hydrogen-bond acceptors (Lipinski definition) is 7. The van der Waals surface area contributed by atoms with E-state index in [0.29, 0.717) is 28.2 Å². The summed E-state index contributed by atoms with van der Waals surface area (Å²) < 4.78 is 20.2. The average molecular weight is 467 g/mol. The van der Waals surface area contributed by atoms with Crippen LogP contribution in [0.1, 0.15) is 16.1 Å². The standard InChI is InChI=1S/C22H18FN5O4S/c1-32-21(31)13-6-8-14(9-7-13)25-20(30)19(29)24-11-10-15-12-33-22-26-18(27-28(15)22)16-4-2-3-5-17(16)23/h2-9,12H,10-11H2,1H3,(H,24,29)(H,25,30). The fraction of sp³-hybridized carbons (Fsp3) is 0.136. The van der Waals surface area contributed by atoms with Crippen LogP contribution >= 0.6 is 11.3 Å². The van der Waals surface area contributed by atoms with E-state index in [9.17, 15) is 18.8 Å². The number of nitrogens with zero attached hydrogens (tertiary/aromatic N) is 3. The number of aromatic nitrogens is 3. The van der Waals surface area contributed by atoms with Gasteiger partial charge >= 0.3 is 17.8 Å². The molecule has 9 nitrogen and oxygen atoms in total. The van der Waals surface area contributed by atoms with Gasteiger partial charge in [0.2, 0.25) is 4.96 Å². The summed E-state index contributed by atoms with van der Waals surface area (Å²) in [6.07, 6.45) is 0.396. The minimum atomic E-state index is -0.834. The molecule has 4 aromatic rings. The number of carbonyl (C=O) groups excluding carboxylic acids is 3. The Bertz CT molecular complexity index is 1330. The monoisotopic (exact) mass is 467 g/mol. The molecule has 0 atom stereocenters. The van der Waals surface area contributed by atoms with Gasteiger partial charge in [0.05, 0.1) is 23.9 Å². The number of anilines is 1. The number of nitrogens with one attached hydrogen (secondary N) is 2. The minimum absolute atomic E-state index is 0.189. The zero-order valence-electron chi connectivity index (χ0n) is 17.4. The molecule has 4 rings (SSSR count). The van der Waals surface area contributed by atoms with Crippen LogP contribution in [0.25, 0.3) is 16.3 Å². The number of ether oxygens (including phenoxy) is 1. The third kappa shape index (κ3) is 4.88. The van der Waals surface area contributed by atoms with Crippen molar-refractivity contribution in [2.45, 2.75) is 6.42 Å². The van der Waals surface area contributed by atoms with Crippen LogP contribution in [0.5, 0.6) is 0 Å². The molecular formula is C22H18FN5O4S. The van der Waals surface area contributed by atoms with Crippen LogP contribution in [0.3, 0.4) is 0 Å². The van der Waals surface area contributed by atoms with E-state index in [2.05, 4.69) is 25.5 Å². The SMILES string of the molecule is COC(=O)c1ccc(NC(=O)C(=O)NCCc2csc3nc(-c4ccccc4F)nn23)cc1. The molecule has 0 spiro atoms. The zero-order chi connectivity index (χ0) is 23.4. The largest absolute Gasteiger partial charge is 0.465 e. The van der Waals surface area contributed by atoms with Gasteiger partial charge in [0, 0.05) is 24.0 Å². The number of methoxy groups -OCH3 is 1. The Morgan fingerprint density at radius 1 is 1.09 bits per heavy atom. The molecule has 0 aliphatic carbocycles. The topological polar surface area (TPSA) is 115 Å². The van der Waals surface area contributed by atoms with Gasteiger partial charge in [-0.1, -0.05) is 12.1 Å². The molecule has 0 aliphatic rings. The first kappa shape index (κ1) is 22.1. The van der Waals surface area contributed by atoms with Crippen molar-refractivity contribution in [3.05, 3.63) is 71.0 Å². The van der Waals surface area contributed by atoms with Crippen LogP contribution in [0.4, 0.5) is 10.1 Å². The second kappa shape index (κ2) is 9.57. The number of carbonyl (C=O) groups is 3. The van der Waals surface area contributed by atoms with E-state index in [1.807, 2.05) is 5.38 Å². The fourth-order valence-corrected chi connectivity index (χ4v) is 3.89. The number of benzene rings is 2. The third-order valence-corrected chi connectivity index (χ3v) is 5.57. The molecule has 0 saturated carbocycles. The molecule has 0 bridgehead atoms. The van der Waals surface area contributed by atoms with Crippen molar-refractivity contribution in [2.75, 3.05) is 19.0 Å². The summed E-state index contributed by atoms with van der Waals surface area (Å²) in [5.74, 6) is -2.26. The Hall–Kier alpha value is -4.12. The molecule has 33 heavy (non-hydrogen) atoms. The number of rotatable bonds is 6. The van der Waals surface area contributed by atoms with E-state index in [4.69, 9.17) is 0 Å². The number of esters is 1. The maximum Gasteiger partial charge on any atom is 0.337 e. The average Bonchev–Trinajstić information content (AvgIpc) is 3.41. The van der Waals surface area contributed by atoms with Crippen LogP contribution in [-0.4, -0.2) is 46.0 Å². The molecule has 2 amide bonds. The second-order valence-corrected chi connectivity index (χ2v) is 7.70. The molecule has 0 saturated heterocycles. The molecule has 2 N–H and O–H groups in total. The number of fused-ring (bicyclic) bond motifs is 1. The van der Waals surface area contributed by atoms with Gasteiger partial charge in [-0.25, -0.2) is 13.7 Å². The van der Waals surface area contributed by atoms with Gasteiger partial charge < -0.3 is 15.4 Å². The molecule has 2 aromatic carbocycles. The van der Waals surface area contributed by atoms with Crippen LogP contribution in [0.15, 0.2) is 53.9 Å². The lowest BCUT2D eigenvalue weighted by molar-refractivity contribution is -0.136. The lowest BCUT2D eigenvalue weighted by atomic mass is 10.2. The summed E-state index contributed by atoms with van der Waals surface area (Å²) in [5.41, 5.74) is 1.77. The highest BCUT2D eigenvalue weighted by Crippen LogP contribution is 2.23. The summed E-state index contributed by atoms with van der Waals surface area (Å²) in [5, 5.41) is 11.2. The van der Waals surface area contributed by atoms with E-state index >= 15 is 0 Å². The summed E-state index contributed by atoms with van der Waals surface area (Å²) in [6.45, 7) is 0.189. The zero-order valence-corrected chi connectivity index (χ0v) is 18.2. The number of thiazole rings is 1. The smallest absolute Gasteiger partial charge is 0.337 e. The summed E-state index contributed by atoms with van der Waals surface area (Å²) >= 11 is 1.35. The molecule has 0 aliphatic heterocycles. The van der Waals surface area contributed by atoms with Crippen LogP contribution in [-0.2, 0) is 20.7 Å². The van der Waals surface area contributed by atoms with Crippen molar-refractivity contribution in [3.63, 3.8) is 0 Å². The lowest BCUT2D eigenvalue weighted by Gasteiger charge is -2.07. The predicted octanol–water partition coefficient (Wildman–Crippen LogP) is 2.68. The van der Waals surface area contributed by atoms with Crippen molar-refractivity contribution in [1.29, 1.82) is 0 Å². The first-order valence-electron chi connectivity index (χ1n) is 9.82. The number of hydrogen-bond donors (Lipinski definition) is 2. The third-order valence-electron chi connectivity index (χ3n) is 4.70. The van der Waals surface area contributed by atoms with E-state index in [-0.39, 0.29) is 12.4 Å². The van der Waals surface area contributed by atoms with E-state index in [0.717, 1.165) is 5.69 Å². The highest BCUT2D eigenvalue weighted by molar-refractivity contribution is 7.15. The Kier molecular flexibility index (Phi) is 6.41. The van der Waals surface area contributed by atoms with E-state index in [1.54, 1.807) is 22.7 Å². The Morgan fingerprint density at radius 3 is 2.58 bits per heavy atom. The Balaban J connectivity index is 1.33. The molecule has 2 aromatic heterocycles. The fourth-order valence-electron chi connectivity index (χ4n) is 3.03. The van der Waals surface area contributed by atoms with E-state index in [1.165, 1.54) is 48.8 Å². The highest BCUT2D eigenvalue weighted by Gasteiger charge is 2.16. The van der Waals surface area contributed by atoms with Crippen LogP contribution < -0.4 is 10.6 Å². The Labute approximate surface area is 191 Å². The van der Waals surface area contributed by atoms with Crippen molar-refractivity contribution in [1.82, 2.24) is 19.9 Å². The van der Waals surface area contributed by atoms with Crippen LogP contribution in [0, 0.1) is 5.82 Å². The molecule has 168 valence electrons. The van der Waals surface area contributed by atoms with Crippen LogP contribution in [0.2, 0.25) is 0 Å². The van der Waals surface area contributed by atoms with Crippen molar-refractivity contribution in [3.8, 4) is 11.4 Å². The lowest BCUT2D eigenvalue weighted by Crippen LogP contribution is -2.36. The summed E-state index contributed by atoms with van der Waals surface area (Å²) in [6, 6.07) is 12.2. The van der Waals surface area contributed by atoms with Crippen molar-refractivity contribution < 1.29 is 23.5 Å².